The van der Waals surface area contributed by atoms with Gasteiger partial charge in [0.15, 0.2) is 0 Å². The molecule has 0 aromatic carbocycles. The molecule has 0 aliphatic heterocycles. The number of carbonyl (C=O) groups excluding carboxylic acids is 2. The van der Waals surface area contributed by atoms with Gasteiger partial charge in [-0.1, -0.05) is 0 Å². The molecular formula is C13H9F3N4O2. The van der Waals surface area contributed by atoms with E-state index in [1.807, 2.05) is 5.32 Å². The van der Waals surface area contributed by atoms with E-state index in [2.05, 4.69) is 15.0 Å². The van der Waals surface area contributed by atoms with Crippen molar-refractivity contribution in [2.75, 3.05) is 0 Å². The van der Waals surface area contributed by atoms with Crippen molar-refractivity contribution in [2.24, 2.45) is 0 Å². The quantitative estimate of drug-likeness (QED) is 0.855. The van der Waals surface area contributed by atoms with Gasteiger partial charge in [-0.15, -0.1) is 0 Å². The van der Waals surface area contributed by atoms with Crippen LogP contribution in [0.15, 0.2) is 30.9 Å². The summed E-state index contributed by atoms with van der Waals surface area (Å²) in [4.78, 5) is 34.6. The van der Waals surface area contributed by atoms with Crippen molar-refractivity contribution in [3.8, 4) is 0 Å². The number of carbonyl (C=O) groups is 2. The van der Waals surface area contributed by atoms with Crippen LogP contribution in [0.4, 0.5) is 13.2 Å². The molecule has 2 amide bonds. The molecule has 0 aliphatic carbocycles. The van der Waals surface area contributed by atoms with Crippen LogP contribution >= 0.6 is 0 Å². The molecule has 2 rings (SSSR count). The Hall–Kier alpha value is -2.84. The smallest absolute Gasteiger partial charge is 0.288 e. The van der Waals surface area contributed by atoms with Gasteiger partial charge in [-0.3, -0.25) is 19.9 Å². The first-order valence-corrected chi connectivity index (χ1v) is 5.94. The van der Waals surface area contributed by atoms with Gasteiger partial charge in [0, 0.05) is 24.8 Å². The average Bonchev–Trinajstić information content (AvgIpc) is 2.47. The summed E-state index contributed by atoms with van der Waals surface area (Å²) >= 11 is 0. The molecule has 114 valence electrons. The van der Waals surface area contributed by atoms with Gasteiger partial charge in [-0.25, -0.2) is 9.97 Å². The molecule has 2 aromatic rings. The number of hydrogen-bond acceptors (Lipinski definition) is 5. The van der Waals surface area contributed by atoms with Crippen LogP contribution < -0.4 is 5.32 Å². The van der Waals surface area contributed by atoms with Crippen LogP contribution in [0.2, 0.25) is 0 Å². The van der Waals surface area contributed by atoms with E-state index >= 15 is 0 Å². The van der Waals surface area contributed by atoms with E-state index in [0.29, 0.717) is 11.9 Å². The fourth-order valence-electron chi connectivity index (χ4n) is 1.58. The number of imide groups is 1. The molecule has 9 heteroatoms. The number of hydrogen-bond donors (Lipinski definition) is 1. The zero-order valence-electron chi connectivity index (χ0n) is 11.2. The van der Waals surface area contributed by atoms with Crippen LogP contribution in [0, 0.1) is 6.92 Å². The molecule has 6 nitrogen and oxygen atoms in total. The van der Waals surface area contributed by atoms with Crippen LogP contribution in [0.25, 0.3) is 0 Å². The van der Waals surface area contributed by atoms with Crippen molar-refractivity contribution in [1.82, 2.24) is 20.3 Å². The Labute approximate surface area is 122 Å². The lowest BCUT2D eigenvalue weighted by Gasteiger charge is -2.11. The molecule has 2 aromatic heterocycles. The molecule has 0 unspecified atom stereocenters. The molecule has 0 aliphatic rings. The normalized spacial score (nSPS) is 11.1. The van der Waals surface area contributed by atoms with E-state index in [4.69, 9.17) is 0 Å². The summed E-state index contributed by atoms with van der Waals surface area (Å²) in [6, 6.07) is 0.661. The standard InChI is InChI=1S/C13H9F3N4O2/c1-7-18-4-8(5-19-7)11(21)20-12(22)9-6-17-3-2-10(9)13(14,15)16/h2-6H,1H3,(H,20,21,22). The van der Waals surface area contributed by atoms with E-state index in [0.717, 1.165) is 12.4 Å². The minimum absolute atomic E-state index is 0.0450. The number of aryl methyl sites for hydroxylation is 1. The lowest BCUT2D eigenvalue weighted by molar-refractivity contribution is -0.138. The highest BCUT2D eigenvalue weighted by Gasteiger charge is 2.35. The third-order valence-corrected chi connectivity index (χ3v) is 2.64. The van der Waals surface area contributed by atoms with E-state index in [1.165, 1.54) is 12.4 Å². The fourth-order valence-corrected chi connectivity index (χ4v) is 1.58. The Morgan fingerprint density at radius 3 is 2.32 bits per heavy atom. The molecule has 0 atom stereocenters. The molecule has 2 heterocycles. The van der Waals surface area contributed by atoms with Gasteiger partial charge in [-0.05, 0) is 13.0 Å². The molecule has 0 spiro atoms. The van der Waals surface area contributed by atoms with E-state index in [1.54, 1.807) is 6.92 Å². The van der Waals surface area contributed by atoms with Crippen molar-refractivity contribution in [1.29, 1.82) is 0 Å². The molecule has 0 saturated heterocycles. The van der Waals surface area contributed by atoms with Crippen LogP contribution in [0.1, 0.15) is 32.1 Å². The van der Waals surface area contributed by atoms with Gasteiger partial charge in [-0.2, -0.15) is 13.2 Å². The summed E-state index contributed by atoms with van der Waals surface area (Å²) in [7, 11) is 0. The average molecular weight is 310 g/mol. The Balaban J connectivity index is 2.23. The number of pyridine rings is 1. The maximum atomic E-state index is 12.8. The molecular weight excluding hydrogens is 301 g/mol. The third kappa shape index (κ3) is 3.43. The summed E-state index contributed by atoms with van der Waals surface area (Å²) in [6.07, 6.45) is -0.740. The second kappa shape index (κ2) is 5.88. The largest absolute Gasteiger partial charge is 0.417 e. The van der Waals surface area contributed by atoms with Crippen LogP contribution in [0.3, 0.4) is 0 Å². The first-order valence-electron chi connectivity index (χ1n) is 5.94. The zero-order chi connectivity index (χ0) is 16.3. The summed E-state index contributed by atoms with van der Waals surface area (Å²) in [5.41, 5.74) is -1.96. The highest BCUT2D eigenvalue weighted by Crippen LogP contribution is 2.31. The third-order valence-electron chi connectivity index (χ3n) is 2.64. The number of nitrogens with one attached hydrogen (secondary N) is 1. The minimum Gasteiger partial charge on any atom is -0.288 e. The molecule has 22 heavy (non-hydrogen) atoms. The monoisotopic (exact) mass is 310 g/mol. The van der Waals surface area contributed by atoms with Gasteiger partial charge in [0.1, 0.15) is 5.82 Å². The lowest BCUT2D eigenvalue weighted by atomic mass is 10.1. The number of amides is 2. The number of rotatable bonds is 2. The first kappa shape index (κ1) is 15.5. The lowest BCUT2D eigenvalue weighted by Crippen LogP contribution is -2.32. The Morgan fingerprint density at radius 1 is 1.09 bits per heavy atom. The number of alkyl halides is 3. The van der Waals surface area contributed by atoms with Crippen molar-refractivity contribution in [3.63, 3.8) is 0 Å². The second-order valence-corrected chi connectivity index (χ2v) is 4.22. The molecule has 1 N–H and O–H groups in total. The Kier molecular flexibility index (Phi) is 4.15. The second-order valence-electron chi connectivity index (χ2n) is 4.22. The molecule has 0 bridgehead atoms. The van der Waals surface area contributed by atoms with Crippen LogP contribution in [-0.2, 0) is 6.18 Å². The van der Waals surface area contributed by atoms with Gasteiger partial charge in [0.05, 0.1) is 16.7 Å². The van der Waals surface area contributed by atoms with E-state index in [-0.39, 0.29) is 5.56 Å². The summed E-state index contributed by atoms with van der Waals surface area (Å²) < 4.78 is 38.4. The fraction of sp³-hybridized carbons (Fsp3) is 0.154. The van der Waals surface area contributed by atoms with Crippen molar-refractivity contribution < 1.29 is 22.8 Å². The highest BCUT2D eigenvalue weighted by atomic mass is 19.4. The van der Waals surface area contributed by atoms with Crippen molar-refractivity contribution in [3.05, 3.63) is 53.4 Å². The van der Waals surface area contributed by atoms with E-state index in [9.17, 15) is 22.8 Å². The van der Waals surface area contributed by atoms with Gasteiger partial charge < -0.3 is 0 Å². The van der Waals surface area contributed by atoms with Crippen LogP contribution in [0.5, 0.6) is 0 Å². The highest BCUT2D eigenvalue weighted by molar-refractivity contribution is 6.10. The SMILES string of the molecule is Cc1ncc(C(=O)NC(=O)c2cnccc2C(F)(F)F)cn1. The Bertz CT molecular complexity index is 714. The number of nitrogens with zero attached hydrogens (tertiary/aromatic N) is 3. The Morgan fingerprint density at radius 2 is 1.73 bits per heavy atom. The van der Waals surface area contributed by atoms with Crippen LogP contribution in [-0.4, -0.2) is 26.8 Å². The maximum Gasteiger partial charge on any atom is 0.417 e. The van der Waals surface area contributed by atoms with Gasteiger partial charge in [0.25, 0.3) is 11.8 Å². The van der Waals surface area contributed by atoms with Gasteiger partial charge in [0.2, 0.25) is 0 Å². The predicted octanol–water partition coefficient (Wildman–Crippen LogP) is 1.77. The topological polar surface area (TPSA) is 84.8 Å². The minimum atomic E-state index is -4.73. The predicted molar refractivity (Wildman–Crippen MR) is 67.8 cm³/mol. The van der Waals surface area contributed by atoms with Crippen molar-refractivity contribution >= 4 is 11.8 Å². The number of halogens is 3. The van der Waals surface area contributed by atoms with E-state index < -0.39 is 29.1 Å². The first-order chi connectivity index (χ1) is 10.3. The molecule has 0 radical (unpaired) electrons. The molecule has 0 saturated carbocycles. The van der Waals surface area contributed by atoms with Gasteiger partial charge >= 0.3 is 6.18 Å². The number of aromatic nitrogens is 3. The summed E-state index contributed by atoms with van der Waals surface area (Å²) in [5.74, 6) is -1.69. The zero-order valence-corrected chi connectivity index (χ0v) is 11.2. The summed E-state index contributed by atoms with van der Waals surface area (Å²) in [5, 5.41) is 1.85. The maximum absolute atomic E-state index is 12.8. The van der Waals surface area contributed by atoms with Crippen molar-refractivity contribution in [2.45, 2.75) is 13.1 Å². The summed E-state index contributed by atoms with van der Waals surface area (Å²) in [6.45, 7) is 1.60. The molecule has 0 fully saturated rings.